The summed E-state index contributed by atoms with van der Waals surface area (Å²) in [6.45, 7) is 99.6. The highest BCUT2D eigenvalue weighted by atomic mass is 15.6. The summed E-state index contributed by atoms with van der Waals surface area (Å²) in [5.41, 5.74) is 81.0. The van der Waals surface area contributed by atoms with Gasteiger partial charge in [0.05, 0.1) is 61.5 Å². The number of hydrogen-bond acceptors (Lipinski definition) is 2. The van der Waals surface area contributed by atoms with E-state index in [0.29, 0.717) is 0 Å². The summed E-state index contributed by atoms with van der Waals surface area (Å²) in [7, 11) is 0. The van der Waals surface area contributed by atoms with Crippen molar-refractivity contribution in [2.24, 2.45) is 43.3 Å². The molecule has 0 fully saturated rings. The van der Waals surface area contributed by atoms with Crippen LogP contribution in [0.4, 0.5) is 0 Å². The fourth-order valence-electron chi connectivity index (χ4n) is 40.0. The Morgan fingerprint density at radius 2 is 0.472 bits per heavy atom. The van der Waals surface area contributed by atoms with Gasteiger partial charge in [-0.05, 0) is 351 Å². The summed E-state index contributed by atoms with van der Waals surface area (Å²) in [5, 5.41) is 3.10. The molecular formula is C134H156N8+2. The van der Waals surface area contributed by atoms with Crippen molar-refractivity contribution in [1.29, 1.82) is 0 Å². The van der Waals surface area contributed by atoms with Crippen molar-refractivity contribution in [3.63, 3.8) is 0 Å². The van der Waals surface area contributed by atoms with Crippen molar-refractivity contribution >= 4 is 72.5 Å². The summed E-state index contributed by atoms with van der Waals surface area (Å²) in [6, 6.07) is 11.5. The molecule has 8 nitrogen and oxygen atoms in total. The zero-order valence-corrected chi connectivity index (χ0v) is 93.9. The zero-order chi connectivity index (χ0) is 100. The molecular weight excluding hydrogens is 1720 g/mol. The predicted molar refractivity (Wildman–Crippen MR) is 587 cm³/mol. The van der Waals surface area contributed by atoms with Gasteiger partial charge in [-0.2, -0.15) is 9.13 Å². The fourth-order valence-corrected chi connectivity index (χ4v) is 40.0. The number of allylic oxidation sites excluding steroid dienone is 26. The zero-order valence-electron chi connectivity index (χ0n) is 93.9. The Kier molecular flexibility index (Phi) is 15.5. The third kappa shape index (κ3) is 8.24. The average molecular weight is 1880 g/mol. The molecule has 17 unspecified atom stereocenters. The number of aromatic nitrogens is 6. The van der Waals surface area contributed by atoms with Crippen LogP contribution >= 0.6 is 0 Å². The number of nitrogens with zero attached hydrogens (tertiary/aromatic N) is 6. The Hall–Kier alpha value is -9.66. The predicted octanol–water partition coefficient (Wildman–Crippen LogP) is 31.7. The number of benzene rings is 1. The Morgan fingerprint density at radius 3 is 0.796 bits per heavy atom. The molecule has 24 aliphatic carbocycles. The van der Waals surface area contributed by atoms with E-state index in [1.54, 1.807) is 179 Å². The normalized spacial score (nSPS) is 39.1. The number of rotatable bonds is 1. The molecule has 0 amide bonds. The van der Waals surface area contributed by atoms with E-state index in [2.05, 4.69) is 329 Å². The van der Waals surface area contributed by atoms with E-state index in [9.17, 15) is 0 Å². The van der Waals surface area contributed by atoms with Gasteiger partial charge in [-0.15, -0.1) is 0 Å². The number of fused-ring (bicyclic) bond motifs is 16. The molecule has 142 heavy (non-hydrogen) atoms. The van der Waals surface area contributed by atoms with Crippen LogP contribution in [0.3, 0.4) is 0 Å². The van der Waals surface area contributed by atoms with E-state index in [0.717, 1.165) is 51.4 Å². The number of aryl methyl sites for hydroxylation is 2. The molecule has 1 spiro atoms. The van der Waals surface area contributed by atoms with Gasteiger partial charge < -0.3 is 9.97 Å². The maximum absolute atomic E-state index is 6.24. The molecule has 0 radical (unpaired) electrons. The molecule has 5 aromatic heterocycles. The molecule has 730 valence electrons. The monoisotopic (exact) mass is 1880 g/mol. The third-order valence-corrected chi connectivity index (χ3v) is 51.9. The lowest BCUT2D eigenvalue weighted by molar-refractivity contribution is -0.838. The van der Waals surface area contributed by atoms with E-state index < -0.39 is 5.91 Å². The molecule has 8 aliphatic heterocycles. The van der Waals surface area contributed by atoms with Crippen LogP contribution in [0.15, 0.2) is 159 Å². The van der Waals surface area contributed by atoms with E-state index in [1.807, 2.05) is 0 Å². The number of H-pyrrole nitrogens is 2. The Labute approximate surface area is 846 Å². The first-order chi connectivity index (χ1) is 66.4. The SMILES string of the molecule is CC1=C(C)C2(C)CCC1(C)C1=C2c2nc1c(C)c1nc(c(C)c3[nH]c(c4c3C3(C)CCC4(C)C(C)=C3C)c(-c3ccccc3)c3[nH]c(c2C)c2c3C3(C)CCC2(C)C(C)=C3C)C2=C1C1(C)CCC2(C)C(C)=C1C.CC1=C2C3=C(C4=[N+]2C25n6c(c7c(c6C(C)=c6c8c(c(n62)=C4C)C2(C)CCC8(C)C(C)=C2C)C2(C)CCC7(C)C(C)=C2C)C(C)=C2C4=C(C1=[N+]25)C1(C)CCC4(C)C(C)=C1C)C1(C)CCC3(C)C(C)=C1C. The Balaban J connectivity index is 0.000000136. The van der Waals surface area contributed by atoms with Gasteiger partial charge in [0.2, 0.25) is 22.8 Å². The van der Waals surface area contributed by atoms with Crippen LogP contribution in [0.1, 0.15) is 447 Å². The highest BCUT2D eigenvalue weighted by Crippen LogP contribution is 2.79. The van der Waals surface area contributed by atoms with Gasteiger partial charge >= 0.3 is 5.91 Å². The van der Waals surface area contributed by atoms with Crippen molar-refractivity contribution < 1.29 is 9.15 Å². The minimum Gasteiger partial charge on any atom is -0.354 e. The van der Waals surface area contributed by atoms with E-state index in [4.69, 9.17) is 9.97 Å². The van der Waals surface area contributed by atoms with E-state index in [-0.39, 0.29) is 86.6 Å². The van der Waals surface area contributed by atoms with Gasteiger partial charge in [0.15, 0.2) is 0 Å². The first-order valence-electron chi connectivity index (χ1n) is 55.9. The largest absolute Gasteiger partial charge is 0.553 e. The highest BCUT2D eigenvalue weighted by Gasteiger charge is 2.82. The summed E-state index contributed by atoms with van der Waals surface area (Å²) >= 11 is 0. The maximum atomic E-state index is 6.24. The van der Waals surface area contributed by atoms with Gasteiger partial charge in [-0.25, -0.2) is 9.97 Å². The fraction of sp³-hybridized carbons (Fsp3) is 0.537. The van der Waals surface area contributed by atoms with Gasteiger partial charge in [-0.1, -0.05) is 239 Å². The molecule has 0 saturated heterocycles. The van der Waals surface area contributed by atoms with E-state index in [1.165, 1.54) is 191 Å². The third-order valence-electron chi connectivity index (χ3n) is 51.9. The lowest BCUT2D eigenvalue weighted by Gasteiger charge is -2.53. The lowest BCUT2D eigenvalue weighted by atomic mass is 9.49. The minimum absolute atomic E-state index is 0.0485. The molecule has 6 aromatic rings. The first kappa shape index (κ1) is 88.8. The van der Waals surface area contributed by atoms with Gasteiger partial charge in [-0.3, -0.25) is 0 Å². The van der Waals surface area contributed by atoms with Crippen LogP contribution in [-0.2, 0) is 49.2 Å². The summed E-state index contributed by atoms with van der Waals surface area (Å²) < 4.78 is 12.5. The van der Waals surface area contributed by atoms with Crippen LogP contribution in [0.25, 0.3) is 72.2 Å². The van der Waals surface area contributed by atoms with Crippen molar-refractivity contribution in [2.75, 3.05) is 0 Å². The van der Waals surface area contributed by atoms with Crippen LogP contribution in [0.5, 0.6) is 0 Å². The maximum Gasteiger partial charge on any atom is 0.553 e. The molecule has 32 aliphatic rings. The second-order valence-electron chi connectivity index (χ2n) is 55.5. The molecule has 13 heterocycles. The molecule has 8 heteroatoms. The van der Waals surface area contributed by atoms with Gasteiger partial charge in [0.1, 0.15) is 0 Å². The number of nitrogens with one attached hydrogen (secondary N) is 2. The molecule has 2 N–H and O–H groups in total. The highest BCUT2D eigenvalue weighted by molar-refractivity contribution is 6.28. The molecule has 38 rings (SSSR count). The smallest absolute Gasteiger partial charge is 0.354 e. The average Bonchev–Trinajstić information content (AvgIpc) is 1.42. The summed E-state index contributed by atoms with van der Waals surface area (Å²) in [5.74, 6) is -0.740. The van der Waals surface area contributed by atoms with Crippen LogP contribution < -0.4 is 10.7 Å². The second-order valence-corrected chi connectivity index (χ2v) is 55.5. The van der Waals surface area contributed by atoms with Gasteiger partial charge in [0.25, 0.3) is 0 Å². The number of hydrogen-bond donors (Lipinski definition) is 2. The summed E-state index contributed by atoms with van der Waals surface area (Å²) in [6.07, 6.45) is 18.7. The quantitative estimate of drug-likeness (QED) is 0.127. The second kappa shape index (κ2) is 24.7. The van der Waals surface area contributed by atoms with E-state index >= 15 is 0 Å². The Bertz CT molecular complexity index is 8360. The molecule has 17 atom stereocenters. The van der Waals surface area contributed by atoms with Crippen LogP contribution in [-0.4, -0.2) is 49.6 Å². The van der Waals surface area contributed by atoms with Crippen molar-refractivity contribution in [2.45, 2.75) is 422 Å². The molecule has 1 aromatic carbocycles. The minimum atomic E-state index is -0.740. The van der Waals surface area contributed by atoms with Crippen molar-refractivity contribution in [3.8, 4) is 11.1 Å². The van der Waals surface area contributed by atoms with Crippen LogP contribution in [0.2, 0.25) is 0 Å². The lowest BCUT2D eigenvalue weighted by Crippen LogP contribution is -2.71. The Morgan fingerprint density at radius 1 is 0.232 bits per heavy atom. The number of aromatic amines is 2. The van der Waals surface area contributed by atoms with Crippen molar-refractivity contribution in [1.82, 2.24) is 29.1 Å². The molecule has 24 bridgehead atoms. The standard InChI is InChI=1S/C69H80N4.C65H76N4/c1-33-54-46-48(64(14)27-25-62(46,12)36(4)38(64)6)56(70-54)34(2)58-50-52(68(18)31-29-66(50,16)40(8)42(68)10)60(72-58)45(44-23-21-20-22-24-44)61-53-51(67(17)30-32-69(53,19)43(11)41(67)9)59(73-61)35(3)57-49-47(55(33)71-57)63(13)26-28-65(49,15)39(7)37(63)5;1-29-49-41-43(59(15)23-21-57(41,13)33(5)35(59)7)51-30(2)53-45-47(63(19)27-25-61(45,17)37(9)39(63)11)55-32(4)56-48-46(62(18)26-28-64(48,20)40(12)38(62)10)54-31(3)52-44-42(58(14)22-24-60(44,16)36(8)34(58)6)50(29)67(52)65(66(49)51,68(53)55)69(54)56/h20-24,72-73H,25-32H2,1-19H3;21-28H2,1-20H3/q;+2. The topological polar surface area (TPSA) is 73.2 Å². The van der Waals surface area contributed by atoms with Crippen LogP contribution in [0, 0.1) is 64.1 Å². The van der Waals surface area contributed by atoms with Gasteiger partial charge in [0, 0.05) is 142 Å². The van der Waals surface area contributed by atoms with Crippen molar-refractivity contribution in [3.05, 3.63) is 265 Å². The first-order valence-corrected chi connectivity index (χ1v) is 55.9. The molecule has 0 saturated carbocycles. The summed E-state index contributed by atoms with van der Waals surface area (Å²) in [4.78, 5) is 21.6.